The quantitative estimate of drug-likeness (QED) is 0.621. The summed E-state index contributed by atoms with van der Waals surface area (Å²) in [5.41, 5.74) is 11.2. The lowest BCUT2D eigenvalue weighted by atomic mass is 10.2. The van der Waals surface area contributed by atoms with Crippen LogP contribution in [0.15, 0.2) is 24.4 Å². The minimum Gasteiger partial charge on any atom is -0.379 e. The summed E-state index contributed by atoms with van der Waals surface area (Å²) in [5, 5.41) is 9.91. The average molecular weight is 218 g/mol. The summed E-state index contributed by atoms with van der Waals surface area (Å²) in [5.74, 6) is 0.0265. The van der Waals surface area contributed by atoms with Crippen LogP contribution in [0.2, 0.25) is 0 Å². The van der Waals surface area contributed by atoms with Gasteiger partial charge < -0.3 is 16.6 Å². The molecule has 0 aliphatic carbocycles. The van der Waals surface area contributed by atoms with Gasteiger partial charge >= 0.3 is 0 Å². The van der Waals surface area contributed by atoms with E-state index in [0.717, 1.165) is 0 Å². The Morgan fingerprint density at radius 2 is 1.75 bits per heavy atom. The third kappa shape index (κ3) is 2.04. The van der Waals surface area contributed by atoms with E-state index in [9.17, 15) is 5.11 Å². The summed E-state index contributed by atoms with van der Waals surface area (Å²) in [6.45, 7) is 0. The fourth-order valence-electron chi connectivity index (χ4n) is 1.22. The minimum absolute atomic E-state index is 0.0301. The second-order valence-corrected chi connectivity index (χ2v) is 3.07. The molecule has 5 N–H and O–H groups in total. The van der Waals surface area contributed by atoms with E-state index in [1.54, 1.807) is 24.4 Å². The average Bonchev–Trinajstić information content (AvgIpc) is 2.28. The highest BCUT2D eigenvalue weighted by Gasteiger charge is 2.16. The normalized spacial score (nSPS) is 12.3. The Balaban J connectivity index is 2.37. The lowest BCUT2D eigenvalue weighted by molar-refractivity contribution is 0.205. The van der Waals surface area contributed by atoms with Gasteiger partial charge in [-0.15, -0.1) is 0 Å². The SMILES string of the molecule is Nc1nc(N)nc(C(O)c2ccccn2)n1. The van der Waals surface area contributed by atoms with Crippen LogP contribution >= 0.6 is 0 Å². The predicted molar refractivity (Wildman–Crippen MR) is 57.0 cm³/mol. The second-order valence-electron chi connectivity index (χ2n) is 3.07. The smallest absolute Gasteiger partial charge is 0.225 e. The van der Waals surface area contributed by atoms with Crippen LogP contribution in [0.1, 0.15) is 17.6 Å². The van der Waals surface area contributed by atoms with Crippen LogP contribution in [0.4, 0.5) is 11.9 Å². The van der Waals surface area contributed by atoms with Gasteiger partial charge in [0.15, 0.2) is 11.9 Å². The van der Waals surface area contributed by atoms with Crippen molar-refractivity contribution in [3.8, 4) is 0 Å². The molecule has 0 saturated carbocycles. The van der Waals surface area contributed by atoms with Gasteiger partial charge in [-0.25, -0.2) is 0 Å². The third-order valence-electron chi connectivity index (χ3n) is 1.90. The zero-order chi connectivity index (χ0) is 11.5. The van der Waals surface area contributed by atoms with E-state index in [1.165, 1.54) is 0 Å². The van der Waals surface area contributed by atoms with Crippen LogP contribution in [0.25, 0.3) is 0 Å². The van der Waals surface area contributed by atoms with Crippen molar-refractivity contribution in [2.75, 3.05) is 11.5 Å². The summed E-state index contributed by atoms with van der Waals surface area (Å²) >= 11 is 0. The van der Waals surface area contributed by atoms with E-state index in [1.807, 2.05) is 0 Å². The molecular weight excluding hydrogens is 208 g/mol. The van der Waals surface area contributed by atoms with E-state index in [2.05, 4.69) is 19.9 Å². The van der Waals surface area contributed by atoms with E-state index >= 15 is 0 Å². The lowest BCUT2D eigenvalue weighted by Gasteiger charge is -2.08. The number of nitrogen functional groups attached to an aromatic ring is 2. The standard InChI is InChI=1S/C9H10N6O/c10-8-13-7(14-9(11)15-8)6(16)5-3-1-2-4-12-5/h1-4,6,16H,(H4,10,11,13,14,15). The lowest BCUT2D eigenvalue weighted by Crippen LogP contribution is -2.12. The molecule has 0 saturated heterocycles. The molecule has 2 heterocycles. The van der Waals surface area contributed by atoms with Crippen molar-refractivity contribution in [1.82, 2.24) is 19.9 Å². The third-order valence-corrected chi connectivity index (χ3v) is 1.90. The van der Waals surface area contributed by atoms with Gasteiger partial charge in [-0.3, -0.25) is 4.98 Å². The summed E-state index contributed by atoms with van der Waals surface area (Å²) < 4.78 is 0. The zero-order valence-corrected chi connectivity index (χ0v) is 8.28. The molecule has 0 bridgehead atoms. The van der Waals surface area contributed by atoms with Gasteiger partial charge in [0, 0.05) is 6.20 Å². The predicted octanol–water partition coefficient (Wildman–Crippen LogP) is -0.487. The number of hydrogen-bond acceptors (Lipinski definition) is 7. The molecule has 0 amide bonds. The van der Waals surface area contributed by atoms with Gasteiger partial charge in [-0.2, -0.15) is 15.0 Å². The highest BCUT2D eigenvalue weighted by Crippen LogP contribution is 2.16. The molecule has 7 heteroatoms. The van der Waals surface area contributed by atoms with Crippen molar-refractivity contribution < 1.29 is 5.11 Å². The van der Waals surface area contributed by atoms with Crippen molar-refractivity contribution in [1.29, 1.82) is 0 Å². The first-order valence-electron chi connectivity index (χ1n) is 4.53. The van der Waals surface area contributed by atoms with E-state index in [4.69, 9.17) is 11.5 Å². The van der Waals surface area contributed by atoms with Gasteiger partial charge in [-0.05, 0) is 12.1 Å². The molecule has 2 aromatic rings. The molecular formula is C9H10N6O. The number of hydrogen-bond donors (Lipinski definition) is 3. The minimum atomic E-state index is -1.06. The van der Waals surface area contributed by atoms with Gasteiger partial charge in [0.1, 0.15) is 0 Å². The number of aromatic nitrogens is 4. The maximum absolute atomic E-state index is 9.91. The zero-order valence-electron chi connectivity index (χ0n) is 8.28. The molecule has 7 nitrogen and oxygen atoms in total. The molecule has 0 aliphatic rings. The highest BCUT2D eigenvalue weighted by molar-refractivity contribution is 5.28. The first kappa shape index (κ1) is 10.2. The highest BCUT2D eigenvalue weighted by atomic mass is 16.3. The summed E-state index contributed by atoms with van der Waals surface area (Å²) in [7, 11) is 0. The molecule has 0 spiro atoms. The van der Waals surface area contributed by atoms with Gasteiger partial charge in [0.05, 0.1) is 5.69 Å². The number of aliphatic hydroxyl groups excluding tert-OH is 1. The Morgan fingerprint density at radius 3 is 2.31 bits per heavy atom. The summed E-state index contributed by atoms with van der Waals surface area (Å²) in [6, 6.07) is 5.15. The topological polar surface area (TPSA) is 124 Å². The van der Waals surface area contributed by atoms with Crippen molar-refractivity contribution in [2.24, 2.45) is 0 Å². The summed E-state index contributed by atoms with van der Waals surface area (Å²) in [4.78, 5) is 15.2. The number of aliphatic hydroxyl groups is 1. The van der Waals surface area contributed by atoms with Crippen molar-refractivity contribution >= 4 is 11.9 Å². The number of anilines is 2. The number of nitrogens with two attached hydrogens (primary N) is 2. The Kier molecular flexibility index (Phi) is 2.61. The molecule has 0 radical (unpaired) electrons. The Hall–Kier alpha value is -2.28. The van der Waals surface area contributed by atoms with Gasteiger partial charge in [-0.1, -0.05) is 6.07 Å². The molecule has 0 aromatic carbocycles. The van der Waals surface area contributed by atoms with Crippen molar-refractivity contribution in [2.45, 2.75) is 6.10 Å². The van der Waals surface area contributed by atoms with E-state index in [0.29, 0.717) is 5.69 Å². The van der Waals surface area contributed by atoms with E-state index < -0.39 is 6.10 Å². The second kappa shape index (κ2) is 4.07. The number of pyridine rings is 1. The van der Waals surface area contributed by atoms with Crippen LogP contribution in [0, 0.1) is 0 Å². The Morgan fingerprint density at radius 1 is 1.06 bits per heavy atom. The van der Waals surface area contributed by atoms with Crippen LogP contribution in [-0.4, -0.2) is 25.0 Å². The molecule has 0 aliphatic heterocycles. The van der Waals surface area contributed by atoms with Gasteiger partial charge in [0.2, 0.25) is 11.9 Å². The Bertz CT molecular complexity index is 468. The van der Waals surface area contributed by atoms with Crippen LogP contribution in [-0.2, 0) is 0 Å². The maximum atomic E-state index is 9.91. The Labute approximate surface area is 91.2 Å². The molecule has 2 aromatic heterocycles. The first-order chi connectivity index (χ1) is 7.66. The maximum Gasteiger partial charge on any atom is 0.225 e. The number of nitrogens with zero attached hydrogens (tertiary/aromatic N) is 4. The molecule has 1 unspecified atom stereocenters. The van der Waals surface area contributed by atoms with Crippen LogP contribution in [0.5, 0.6) is 0 Å². The van der Waals surface area contributed by atoms with Crippen LogP contribution in [0.3, 0.4) is 0 Å². The van der Waals surface area contributed by atoms with Crippen molar-refractivity contribution in [3.05, 3.63) is 35.9 Å². The molecule has 2 rings (SSSR count). The molecule has 16 heavy (non-hydrogen) atoms. The fraction of sp³-hybridized carbons (Fsp3) is 0.111. The van der Waals surface area contributed by atoms with Crippen molar-refractivity contribution in [3.63, 3.8) is 0 Å². The number of rotatable bonds is 2. The van der Waals surface area contributed by atoms with Gasteiger partial charge in [0.25, 0.3) is 0 Å². The monoisotopic (exact) mass is 218 g/mol. The summed E-state index contributed by atoms with van der Waals surface area (Å²) in [6.07, 6.45) is 0.501. The molecule has 0 fully saturated rings. The molecule has 82 valence electrons. The van der Waals surface area contributed by atoms with E-state index in [-0.39, 0.29) is 17.7 Å². The van der Waals surface area contributed by atoms with Crippen LogP contribution < -0.4 is 11.5 Å². The fourth-order valence-corrected chi connectivity index (χ4v) is 1.22. The molecule has 1 atom stereocenters. The largest absolute Gasteiger partial charge is 0.379 e. The first-order valence-corrected chi connectivity index (χ1v) is 4.53.